The van der Waals surface area contributed by atoms with Crippen LogP contribution in [-0.2, 0) is 6.42 Å². The van der Waals surface area contributed by atoms with E-state index in [1.165, 1.54) is 17.2 Å². The lowest BCUT2D eigenvalue weighted by molar-refractivity contribution is 0.149. The Bertz CT molecular complexity index is 611. The van der Waals surface area contributed by atoms with Crippen molar-refractivity contribution >= 4 is 11.6 Å². The summed E-state index contributed by atoms with van der Waals surface area (Å²) in [6, 6.07) is 12.9. The third-order valence-electron chi connectivity index (χ3n) is 3.81. The Hall–Kier alpha value is -1.38. The van der Waals surface area contributed by atoms with Crippen molar-refractivity contribution in [2.45, 2.75) is 24.9 Å². The largest absolute Gasteiger partial charge is 0.388 e. The Kier molecular flexibility index (Phi) is 3.29. The highest BCUT2D eigenvalue weighted by Crippen LogP contribution is 2.41. The van der Waals surface area contributed by atoms with Crippen LogP contribution < -0.4 is 0 Å². The number of hydrogen-bond acceptors (Lipinski definition) is 1. The van der Waals surface area contributed by atoms with Gasteiger partial charge in [0.15, 0.2) is 0 Å². The molecule has 0 aliphatic heterocycles. The third kappa shape index (κ3) is 2.26. The van der Waals surface area contributed by atoms with E-state index in [9.17, 15) is 9.50 Å². The molecule has 0 amide bonds. The minimum Gasteiger partial charge on any atom is -0.388 e. The van der Waals surface area contributed by atoms with E-state index in [0.29, 0.717) is 12.3 Å². The van der Waals surface area contributed by atoms with Gasteiger partial charge in [0, 0.05) is 5.56 Å². The van der Waals surface area contributed by atoms with Gasteiger partial charge >= 0.3 is 0 Å². The molecule has 1 nitrogen and oxygen atoms in total. The van der Waals surface area contributed by atoms with E-state index in [2.05, 4.69) is 12.1 Å². The van der Waals surface area contributed by atoms with Crippen LogP contribution in [0.25, 0.3) is 0 Å². The molecule has 0 heterocycles. The van der Waals surface area contributed by atoms with E-state index in [4.69, 9.17) is 11.6 Å². The Balaban J connectivity index is 1.77. The standard InChI is InChI=1S/C16H14ClFO/c17-14-7-3-6-13(16(14)18)15(19)9-11-8-10-4-1-2-5-12(10)11/h1-7,11,15,19H,8-9H2. The molecule has 1 N–H and O–H groups in total. The minimum absolute atomic E-state index is 0.0607. The summed E-state index contributed by atoms with van der Waals surface area (Å²) in [4.78, 5) is 0. The maximum absolute atomic E-state index is 13.8. The van der Waals surface area contributed by atoms with Gasteiger partial charge in [-0.05, 0) is 36.0 Å². The van der Waals surface area contributed by atoms with Gasteiger partial charge in [-0.25, -0.2) is 4.39 Å². The predicted molar refractivity (Wildman–Crippen MR) is 73.9 cm³/mol. The third-order valence-corrected chi connectivity index (χ3v) is 4.10. The molecule has 0 bridgehead atoms. The zero-order valence-electron chi connectivity index (χ0n) is 10.3. The quantitative estimate of drug-likeness (QED) is 0.889. The van der Waals surface area contributed by atoms with Crippen molar-refractivity contribution in [1.82, 2.24) is 0 Å². The van der Waals surface area contributed by atoms with Gasteiger partial charge in [0.1, 0.15) is 5.82 Å². The fourth-order valence-corrected chi connectivity index (χ4v) is 2.93. The molecule has 0 saturated carbocycles. The van der Waals surface area contributed by atoms with Gasteiger partial charge in [-0.3, -0.25) is 0 Å². The number of halogens is 2. The summed E-state index contributed by atoms with van der Waals surface area (Å²) in [6.07, 6.45) is 0.681. The zero-order valence-corrected chi connectivity index (χ0v) is 11.1. The van der Waals surface area contributed by atoms with E-state index in [-0.39, 0.29) is 10.6 Å². The van der Waals surface area contributed by atoms with Crippen LogP contribution in [0.1, 0.15) is 35.1 Å². The average Bonchev–Trinajstić information content (AvgIpc) is 2.39. The topological polar surface area (TPSA) is 20.2 Å². The Labute approximate surface area is 116 Å². The van der Waals surface area contributed by atoms with Gasteiger partial charge in [-0.2, -0.15) is 0 Å². The molecule has 0 saturated heterocycles. The summed E-state index contributed by atoms with van der Waals surface area (Å²) in [5, 5.41) is 10.2. The van der Waals surface area contributed by atoms with Crippen molar-refractivity contribution in [2.24, 2.45) is 0 Å². The highest BCUT2D eigenvalue weighted by atomic mass is 35.5. The van der Waals surface area contributed by atoms with E-state index in [1.54, 1.807) is 12.1 Å². The first-order chi connectivity index (χ1) is 9.16. The Morgan fingerprint density at radius 3 is 2.79 bits per heavy atom. The number of fused-ring (bicyclic) bond motifs is 1. The molecule has 0 spiro atoms. The molecule has 19 heavy (non-hydrogen) atoms. The molecular formula is C16H14ClFO. The molecule has 3 heteroatoms. The van der Waals surface area contributed by atoms with Crippen molar-refractivity contribution in [2.75, 3.05) is 0 Å². The highest BCUT2D eigenvalue weighted by Gasteiger charge is 2.28. The van der Waals surface area contributed by atoms with Crippen molar-refractivity contribution in [3.8, 4) is 0 Å². The summed E-state index contributed by atoms with van der Waals surface area (Å²) in [6.45, 7) is 0. The smallest absolute Gasteiger partial charge is 0.147 e. The first-order valence-electron chi connectivity index (χ1n) is 6.36. The number of benzene rings is 2. The van der Waals surface area contributed by atoms with Crippen LogP contribution in [0.4, 0.5) is 4.39 Å². The molecule has 0 aromatic heterocycles. The maximum atomic E-state index is 13.8. The van der Waals surface area contributed by atoms with Crippen molar-refractivity contribution in [3.05, 3.63) is 70.0 Å². The van der Waals surface area contributed by atoms with Gasteiger partial charge in [0.25, 0.3) is 0 Å². The van der Waals surface area contributed by atoms with Crippen LogP contribution in [0, 0.1) is 5.82 Å². The molecule has 98 valence electrons. The van der Waals surface area contributed by atoms with Crippen LogP contribution in [-0.4, -0.2) is 5.11 Å². The molecule has 1 aliphatic carbocycles. The molecule has 0 fully saturated rings. The number of hydrogen-bond donors (Lipinski definition) is 1. The number of aliphatic hydroxyl groups excluding tert-OH is 1. The number of aliphatic hydroxyl groups is 1. The summed E-state index contributed by atoms with van der Waals surface area (Å²) in [7, 11) is 0. The lowest BCUT2D eigenvalue weighted by Gasteiger charge is -2.31. The van der Waals surface area contributed by atoms with Crippen LogP contribution in [0.5, 0.6) is 0 Å². The number of rotatable bonds is 3. The van der Waals surface area contributed by atoms with Gasteiger partial charge in [0.2, 0.25) is 0 Å². The van der Waals surface area contributed by atoms with Crippen LogP contribution in [0.15, 0.2) is 42.5 Å². The summed E-state index contributed by atoms with van der Waals surface area (Å²) >= 11 is 5.74. The zero-order chi connectivity index (χ0) is 13.4. The normalized spacial score (nSPS) is 18.6. The van der Waals surface area contributed by atoms with E-state index < -0.39 is 11.9 Å². The lowest BCUT2D eigenvalue weighted by atomic mass is 9.74. The summed E-state index contributed by atoms with van der Waals surface area (Å²) < 4.78 is 13.8. The molecule has 2 aromatic carbocycles. The predicted octanol–water partition coefficient (Wildman–Crippen LogP) is 4.24. The average molecular weight is 277 g/mol. The molecule has 0 radical (unpaired) electrons. The lowest BCUT2D eigenvalue weighted by Crippen LogP contribution is -2.19. The van der Waals surface area contributed by atoms with Crippen LogP contribution in [0.3, 0.4) is 0 Å². The Morgan fingerprint density at radius 1 is 1.21 bits per heavy atom. The van der Waals surface area contributed by atoms with Crippen molar-refractivity contribution in [3.63, 3.8) is 0 Å². The monoisotopic (exact) mass is 276 g/mol. The fraction of sp³-hybridized carbons (Fsp3) is 0.250. The summed E-state index contributed by atoms with van der Waals surface area (Å²) in [5.41, 5.74) is 2.88. The second-order valence-electron chi connectivity index (χ2n) is 4.99. The van der Waals surface area contributed by atoms with Gasteiger partial charge < -0.3 is 5.11 Å². The fourth-order valence-electron chi connectivity index (χ4n) is 2.75. The summed E-state index contributed by atoms with van der Waals surface area (Å²) in [5.74, 6) is -0.200. The van der Waals surface area contributed by atoms with Gasteiger partial charge in [-0.15, -0.1) is 0 Å². The molecule has 2 unspecified atom stereocenters. The molecule has 2 atom stereocenters. The maximum Gasteiger partial charge on any atom is 0.147 e. The SMILES string of the molecule is OC(CC1Cc2ccccc21)c1cccc(Cl)c1F. The minimum atomic E-state index is -0.808. The molecule has 1 aliphatic rings. The molecule has 2 aromatic rings. The molecule has 3 rings (SSSR count). The van der Waals surface area contributed by atoms with Crippen molar-refractivity contribution < 1.29 is 9.50 Å². The second kappa shape index (κ2) is 4.95. The van der Waals surface area contributed by atoms with E-state index in [0.717, 1.165) is 6.42 Å². The first kappa shape index (κ1) is 12.6. The first-order valence-corrected chi connectivity index (χ1v) is 6.74. The van der Waals surface area contributed by atoms with E-state index in [1.807, 2.05) is 12.1 Å². The molecular weight excluding hydrogens is 263 g/mol. The Morgan fingerprint density at radius 2 is 2.00 bits per heavy atom. The van der Waals surface area contributed by atoms with Crippen LogP contribution in [0.2, 0.25) is 5.02 Å². The second-order valence-corrected chi connectivity index (χ2v) is 5.40. The van der Waals surface area contributed by atoms with Gasteiger partial charge in [0.05, 0.1) is 11.1 Å². The highest BCUT2D eigenvalue weighted by molar-refractivity contribution is 6.30. The van der Waals surface area contributed by atoms with E-state index >= 15 is 0 Å². The van der Waals surface area contributed by atoms with Crippen LogP contribution >= 0.6 is 11.6 Å². The van der Waals surface area contributed by atoms with Crippen molar-refractivity contribution in [1.29, 1.82) is 0 Å². The van der Waals surface area contributed by atoms with Gasteiger partial charge in [-0.1, -0.05) is 48.0 Å².